The molecular formula is C25H27N3O3. The van der Waals surface area contributed by atoms with Gasteiger partial charge >= 0.3 is 5.97 Å². The zero-order valence-electron chi connectivity index (χ0n) is 17.6. The predicted octanol–water partition coefficient (Wildman–Crippen LogP) is 4.43. The molecule has 1 aliphatic rings. The SMILES string of the molecule is Cc1ccc(-c2nn(-c3ccccc3)cc2CN(/C=C/C(=O)O)CC2CCCO2)cc1. The third-order valence-corrected chi connectivity index (χ3v) is 5.40. The Balaban J connectivity index is 1.68. The number of aromatic nitrogens is 2. The molecule has 1 atom stereocenters. The van der Waals surface area contributed by atoms with Crippen molar-refractivity contribution in [3.63, 3.8) is 0 Å². The van der Waals surface area contributed by atoms with Gasteiger partial charge in [-0.25, -0.2) is 9.48 Å². The van der Waals surface area contributed by atoms with Crippen molar-refractivity contribution in [3.05, 3.63) is 84.2 Å². The van der Waals surface area contributed by atoms with E-state index in [4.69, 9.17) is 14.9 Å². The molecule has 0 aliphatic carbocycles. The van der Waals surface area contributed by atoms with Crippen molar-refractivity contribution >= 4 is 5.97 Å². The molecule has 160 valence electrons. The molecule has 2 aromatic carbocycles. The molecule has 1 aromatic heterocycles. The molecule has 3 aromatic rings. The highest BCUT2D eigenvalue weighted by atomic mass is 16.5. The van der Waals surface area contributed by atoms with Crippen LogP contribution >= 0.6 is 0 Å². The van der Waals surface area contributed by atoms with Gasteiger partial charge in [0.1, 0.15) is 0 Å². The van der Waals surface area contributed by atoms with Gasteiger partial charge in [0.2, 0.25) is 0 Å². The van der Waals surface area contributed by atoms with Gasteiger partial charge in [-0.05, 0) is 31.9 Å². The number of aryl methyl sites for hydroxylation is 1. The number of hydrogen-bond donors (Lipinski definition) is 1. The van der Waals surface area contributed by atoms with Crippen LogP contribution in [0.15, 0.2) is 73.1 Å². The number of carboxylic acids is 1. The number of carbonyl (C=O) groups is 1. The van der Waals surface area contributed by atoms with E-state index in [1.807, 2.05) is 46.1 Å². The quantitative estimate of drug-likeness (QED) is 0.549. The topological polar surface area (TPSA) is 67.6 Å². The lowest BCUT2D eigenvalue weighted by molar-refractivity contribution is -0.131. The number of para-hydroxylation sites is 1. The van der Waals surface area contributed by atoms with Crippen LogP contribution in [0.25, 0.3) is 16.9 Å². The number of carboxylic acid groups (broad SMARTS) is 1. The summed E-state index contributed by atoms with van der Waals surface area (Å²) in [6.45, 7) is 4.02. The van der Waals surface area contributed by atoms with Gasteiger partial charge in [-0.3, -0.25) is 0 Å². The molecule has 6 nitrogen and oxygen atoms in total. The third-order valence-electron chi connectivity index (χ3n) is 5.40. The lowest BCUT2D eigenvalue weighted by Crippen LogP contribution is -2.28. The molecule has 31 heavy (non-hydrogen) atoms. The van der Waals surface area contributed by atoms with E-state index in [1.165, 1.54) is 11.6 Å². The van der Waals surface area contributed by atoms with Crippen molar-refractivity contribution in [1.82, 2.24) is 14.7 Å². The van der Waals surface area contributed by atoms with Crippen molar-refractivity contribution in [1.29, 1.82) is 0 Å². The maximum atomic E-state index is 11.1. The average molecular weight is 418 g/mol. The maximum Gasteiger partial charge on any atom is 0.329 e. The Morgan fingerprint density at radius 1 is 1.23 bits per heavy atom. The van der Waals surface area contributed by atoms with E-state index < -0.39 is 5.97 Å². The molecule has 0 saturated carbocycles. The minimum atomic E-state index is -0.962. The molecule has 1 fully saturated rings. The lowest BCUT2D eigenvalue weighted by atomic mass is 10.1. The highest BCUT2D eigenvalue weighted by Gasteiger charge is 2.20. The van der Waals surface area contributed by atoms with Crippen molar-refractivity contribution in [3.8, 4) is 16.9 Å². The molecule has 0 amide bonds. The first kappa shape index (κ1) is 20.9. The Labute approximate surface area is 182 Å². The molecule has 4 rings (SSSR count). The summed E-state index contributed by atoms with van der Waals surface area (Å²) in [6, 6.07) is 18.3. The summed E-state index contributed by atoms with van der Waals surface area (Å²) in [5, 5.41) is 14.0. The Hall–Kier alpha value is -3.38. The zero-order chi connectivity index (χ0) is 21.6. The van der Waals surface area contributed by atoms with E-state index in [1.54, 1.807) is 6.20 Å². The fraction of sp³-hybridized carbons (Fsp3) is 0.280. The predicted molar refractivity (Wildman–Crippen MR) is 120 cm³/mol. The first-order chi connectivity index (χ1) is 15.1. The summed E-state index contributed by atoms with van der Waals surface area (Å²) in [6.07, 6.45) is 7.00. The minimum Gasteiger partial charge on any atom is -0.478 e. The van der Waals surface area contributed by atoms with Crippen LogP contribution in [-0.2, 0) is 16.1 Å². The van der Waals surface area contributed by atoms with Crippen molar-refractivity contribution in [2.45, 2.75) is 32.4 Å². The smallest absolute Gasteiger partial charge is 0.329 e. The van der Waals surface area contributed by atoms with Gasteiger partial charge in [-0.15, -0.1) is 0 Å². The van der Waals surface area contributed by atoms with E-state index >= 15 is 0 Å². The molecule has 1 N–H and O–H groups in total. The normalized spacial score (nSPS) is 16.1. The zero-order valence-corrected chi connectivity index (χ0v) is 17.6. The van der Waals surface area contributed by atoms with Crippen LogP contribution in [0.2, 0.25) is 0 Å². The summed E-state index contributed by atoms with van der Waals surface area (Å²) < 4.78 is 7.67. The van der Waals surface area contributed by atoms with Crippen molar-refractivity contribution < 1.29 is 14.6 Å². The monoisotopic (exact) mass is 417 g/mol. The molecule has 0 bridgehead atoms. The van der Waals surface area contributed by atoms with E-state index in [0.717, 1.165) is 42.0 Å². The Morgan fingerprint density at radius 2 is 2.00 bits per heavy atom. The van der Waals surface area contributed by atoms with Gasteiger partial charge in [-0.1, -0.05) is 48.0 Å². The summed E-state index contributed by atoms with van der Waals surface area (Å²) >= 11 is 0. The third kappa shape index (κ3) is 5.41. The standard InChI is InChI=1S/C25H27N3O3/c1-19-9-11-20(12-10-19)25-21(17-28(26-25)22-6-3-2-4-7-22)16-27(14-13-24(29)30)18-23-8-5-15-31-23/h2-4,6-7,9-14,17,23H,5,8,15-16,18H2,1H3,(H,29,30)/b14-13+. The van der Waals surface area contributed by atoms with E-state index in [2.05, 4.69) is 31.2 Å². The maximum absolute atomic E-state index is 11.1. The molecule has 1 unspecified atom stereocenters. The number of nitrogens with zero attached hydrogens (tertiary/aromatic N) is 3. The fourth-order valence-electron chi connectivity index (χ4n) is 3.81. The second kappa shape index (κ2) is 9.62. The number of rotatable bonds is 8. The Morgan fingerprint density at radius 3 is 2.68 bits per heavy atom. The van der Waals surface area contributed by atoms with Crippen molar-refractivity contribution in [2.24, 2.45) is 0 Å². The fourth-order valence-corrected chi connectivity index (χ4v) is 3.81. The van der Waals surface area contributed by atoms with Gasteiger partial charge in [0.05, 0.1) is 17.5 Å². The number of ether oxygens (including phenoxy) is 1. The molecule has 2 heterocycles. The summed E-state index contributed by atoms with van der Waals surface area (Å²) in [4.78, 5) is 13.1. The first-order valence-corrected chi connectivity index (χ1v) is 10.6. The summed E-state index contributed by atoms with van der Waals surface area (Å²) in [5.41, 5.74) is 5.13. The second-order valence-electron chi connectivity index (χ2n) is 7.87. The molecule has 1 aliphatic heterocycles. The largest absolute Gasteiger partial charge is 0.478 e. The summed E-state index contributed by atoms with van der Waals surface area (Å²) in [5.74, 6) is -0.962. The first-order valence-electron chi connectivity index (χ1n) is 10.6. The van der Waals surface area contributed by atoms with Crippen LogP contribution in [0.5, 0.6) is 0 Å². The molecule has 6 heteroatoms. The van der Waals surface area contributed by atoms with Crippen LogP contribution in [0.4, 0.5) is 0 Å². The molecule has 1 saturated heterocycles. The Bertz CT molecular complexity index is 1040. The number of aliphatic carboxylic acids is 1. The van der Waals surface area contributed by atoms with Crippen molar-refractivity contribution in [2.75, 3.05) is 13.2 Å². The van der Waals surface area contributed by atoms with Gasteiger partial charge in [0.15, 0.2) is 0 Å². The van der Waals surface area contributed by atoms with E-state index in [0.29, 0.717) is 13.1 Å². The average Bonchev–Trinajstić information content (AvgIpc) is 3.43. The van der Waals surface area contributed by atoms with Gasteiger partial charge < -0.3 is 14.7 Å². The van der Waals surface area contributed by atoms with Gasteiger partial charge in [0.25, 0.3) is 0 Å². The lowest BCUT2D eigenvalue weighted by Gasteiger charge is -2.23. The highest BCUT2D eigenvalue weighted by Crippen LogP contribution is 2.26. The number of hydrogen-bond acceptors (Lipinski definition) is 4. The molecule has 0 spiro atoms. The van der Waals surface area contributed by atoms with Crippen LogP contribution < -0.4 is 0 Å². The molecule has 0 radical (unpaired) electrons. The van der Waals surface area contributed by atoms with E-state index in [9.17, 15) is 4.79 Å². The summed E-state index contributed by atoms with van der Waals surface area (Å²) in [7, 11) is 0. The highest BCUT2D eigenvalue weighted by molar-refractivity contribution is 5.79. The second-order valence-corrected chi connectivity index (χ2v) is 7.87. The Kier molecular flexibility index (Phi) is 6.48. The number of benzene rings is 2. The van der Waals surface area contributed by atoms with Crippen LogP contribution in [0, 0.1) is 6.92 Å². The van der Waals surface area contributed by atoms with Gasteiger partial charge in [0, 0.05) is 49.3 Å². The van der Waals surface area contributed by atoms with Gasteiger partial charge in [-0.2, -0.15) is 5.10 Å². The van der Waals surface area contributed by atoms with Crippen LogP contribution in [0.3, 0.4) is 0 Å². The minimum absolute atomic E-state index is 0.116. The van der Waals surface area contributed by atoms with E-state index in [-0.39, 0.29) is 6.10 Å². The van der Waals surface area contributed by atoms with Crippen LogP contribution in [-0.4, -0.2) is 45.0 Å². The van der Waals surface area contributed by atoms with Crippen LogP contribution in [0.1, 0.15) is 24.0 Å². The molecular weight excluding hydrogens is 390 g/mol.